The van der Waals surface area contributed by atoms with Gasteiger partial charge in [-0.3, -0.25) is 0 Å². The number of hydrogen-bond donors (Lipinski definition) is 1. The van der Waals surface area contributed by atoms with Gasteiger partial charge in [-0.05, 0) is 31.0 Å². The van der Waals surface area contributed by atoms with Gasteiger partial charge in [0.25, 0.3) is 0 Å². The van der Waals surface area contributed by atoms with Crippen LogP contribution in [-0.2, 0) is 0 Å². The van der Waals surface area contributed by atoms with E-state index in [1.807, 2.05) is 65.6 Å². The van der Waals surface area contributed by atoms with Crippen molar-refractivity contribution in [2.45, 2.75) is 18.9 Å². The molecule has 32 heavy (non-hydrogen) atoms. The van der Waals surface area contributed by atoms with Gasteiger partial charge in [0.2, 0.25) is 0 Å². The number of nitrogens with zero attached hydrogens (tertiary/aromatic N) is 7. The molecule has 1 aliphatic rings. The van der Waals surface area contributed by atoms with Crippen molar-refractivity contribution < 1.29 is 0 Å². The molecule has 0 bridgehead atoms. The van der Waals surface area contributed by atoms with E-state index in [4.69, 9.17) is 4.98 Å². The van der Waals surface area contributed by atoms with Gasteiger partial charge in [0.15, 0.2) is 5.82 Å². The van der Waals surface area contributed by atoms with Gasteiger partial charge in [-0.2, -0.15) is 0 Å². The van der Waals surface area contributed by atoms with Crippen LogP contribution in [0.5, 0.6) is 0 Å². The van der Waals surface area contributed by atoms with Gasteiger partial charge in [0, 0.05) is 30.1 Å². The van der Waals surface area contributed by atoms with Gasteiger partial charge in [-0.25, -0.2) is 15.0 Å². The van der Waals surface area contributed by atoms with E-state index in [0.717, 1.165) is 28.5 Å². The molecular formula is C24H20N8. The molecule has 1 aromatic carbocycles. The van der Waals surface area contributed by atoms with E-state index in [-0.39, 0.29) is 0 Å². The van der Waals surface area contributed by atoms with Crippen LogP contribution in [0.3, 0.4) is 0 Å². The second-order valence-electron chi connectivity index (χ2n) is 7.76. The lowest BCUT2D eigenvalue weighted by atomic mass is 10.2. The molecule has 0 atom stereocenters. The summed E-state index contributed by atoms with van der Waals surface area (Å²) in [4.78, 5) is 13.7. The lowest BCUT2D eigenvalue weighted by Gasteiger charge is -2.09. The zero-order valence-electron chi connectivity index (χ0n) is 17.2. The van der Waals surface area contributed by atoms with Crippen LogP contribution in [0.2, 0.25) is 0 Å². The maximum atomic E-state index is 4.73. The molecule has 0 unspecified atom stereocenters. The number of hydrogen-bond acceptors (Lipinski definition) is 6. The highest BCUT2D eigenvalue weighted by Crippen LogP contribution is 2.37. The van der Waals surface area contributed by atoms with Crippen molar-refractivity contribution >= 4 is 11.6 Å². The third-order valence-electron chi connectivity index (χ3n) is 5.44. The normalized spacial score (nSPS) is 13.2. The summed E-state index contributed by atoms with van der Waals surface area (Å²) in [5.74, 6) is 2.20. The molecule has 0 saturated heterocycles. The molecule has 5 aromatic rings. The van der Waals surface area contributed by atoms with E-state index in [1.54, 1.807) is 12.5 Å². The van der Waals surface area contributed by atoms with Crippen molar-refractivity contribution in [3.05, 3.63) is 85.7 Å². The van der Waals surface area contributed by atoms with Crippen LogP contribution in [0, 0.1) is 0 Å². The molecule has 1 fully saturated rings. The predicted octanol–water partition coefficient (Wildman–Crippen LogP) is 4.67. The first kappa shape index (κ1) is 18.4. The summed E-state index contributed by atoms with van der Waals surface area (Å²) < 4.78 is 4.09. The number of imidazole rings is 1. The summed E-state index contributed by atoms with van der Waals surface area (Å²) in [6.07, 6.45) is 9.71. The van der Waals surface area contributed by atoms with Gasteiger partial charge in [-0.15, -0.1) is 10.2 Å². The molecule has 4 heterocycles. The summed E-state index contributed by atoms with van der Waals surface area (Å²) in [5.41, 5.74) is 3.75. The number of pyridine rings is 2. The molecule has 8 nitrogen and oxygen atoms in total. The molecule has 0 spiro atoms. The Morgan fingerprint density at radius 3 is 2.62 bits per heavy atom. The van der Waals surface area contributed by atoms with Crippen LogP contribution in [0.4, 0.5) is 11.6 Å². The van der Waals surface area contributed by atoms with Crippen LogP contribution < -0.4 is 5.32 Å². The van der Waals surface area contributed by atoms with Crippen molar-refractivity contribution in [1.82, 2.24) is 34.3 Å². The standard InChI is InChI=1S/C24H20N8/c1-2-5-17(6-3-1)21-14-31(15-26-21)19-11-12-25-23(13-19)29-22-8-4-7-20(28-22)24-30-27-16-32(24)18-9-10-18/h1-8,11-16,18H,9-10H2,(H,25,28,29). The van der Waals surface area contributed by atoms with Crippen LogP contribution in [-0.4, -0.2) is 34.3 Å². The predicted molar refractivity (Wildman–Crippen MR) is 122 cm³/mol. The second kappa shape index (κ2) is 7.73. The third-order valence-corrected chi connectivity index (χ3v) is 5.44. The average molecular weight is 420 g/mol. The summed E-state index contributed by atoms with van der Waals surface area (Å²) in [6, 6.07) is 20.4. The fourth-order valence-corrected chi connectivity index (χ4v) is 3.68. The number of rotatable bonds is 6. The molecular weight excluding hydrogens is 400 g/mol. The molecule has 4 aromatic heterocycles. The zero-order chi connectivity index (χ0) is 21.3. The van der Waals surface area contributed by atoms with Crippen LogP contribution in [0.25, 0.3) is 28.5 Å². The van der Waals surface area contributed by atoms with Crippen molar-refractivity contribution in [2.75, 3.05) is 5.32 Å². The van der Waals surface area contributed by atoms with Crippen LogP contribution in [0.1, 0.15) is 18.9 Å². The molecule has 1 aliphatic carbocycles. The first-order chi connectivity index (χ1) is 15.8. The summed E-state index contributed by atoms with van der Waals surface area (Å²) in [7, 11) is 0. The Kier molecular flexibility index (Phi) is 4.46. The third kappa shape index (κ3) is 3.62. The molecule has 156 valence electrons. The van der Waals surface area contributed by atoms with Gasteiger partial charge in [0.05, 0.1) is 17.7 Å². The number of aromatic nitrogens is 7. The second-order valence-corrected chi connectivity index (χ2v) is 7.76. The highest BCUT2D eigenvalue weighted by Gasteiger charge is 2.27. The molecule has 1 N–H and O–H groups in total. The fourth-order valence-electron chi connectivity index (χ4n) is 3.68. The Bertz CT molecular complexity index is 1370. The van der Waals surface area contributed by atoms with E-state index in [1.165, 1.54) is 12.8 Å². The highest BCUT2D eigenvalue weighted by molar-refractivity contribution is 5.61. The monoisotopic (exact) mass is 420 g/mol. The lowest BCUT2D eigenvalue weighted by Crippen LogP contribution is -2.01. The summed E-state index contributed by atoms with van der Waals surface area (Å²) in [5, 5.41) is 11.7. The number of anilines is 2. The first-order valence-corrected chi connectivity index (χ1v) is 10.5. The maximum absolute atomic E-state index is 4.73. The van der Waals surface area contributed by atoms with E-state index < -0.39 is 0 Å². The van der Waals surface area contributed by atoms with Gasteiger partial charge in [0.1, 0.15) is 23.7 Å². The minimum absolute atomic E-state index is 0.493. The average Bonchev–Trinajstić information content (AvgIpc) is 3.35. The SMILES string of the molecule is c1ccc(-c2cn(-c3ccnc(Nc4cccc(-c5nncn5C5CC5)n4)c3)cn2)cc1. The van der Waals surface area contributed by atoms with E-state index in [0.29, 0.717) is 17.7 Å². The zero-order valence-corrected chi connectivity index (χ0v) is 17.2. The smallest absolute Gasteiger partial charge is 0.182 e. The van der Waals surface area contributed by atoms with E-state index >= 15 is 0 Å². The largest absolute Gasteiger partial charge is 0.325 e. The summed E-state index contributed by atoms with van der Waals surface area (Å²) >= 11 is 0. The Labute approximate surface area is 184 Å². The maximum Gasteiger partial charge on any atom is 0.182 e. The first-order valence-electron chi connectivity index (χ1n) is 10.5. The minimum Gasteiger partial charge on any atom is -0.325 e. The Morgan fingerprint density at radius 1 is 0.844 bits per heavy atom. The Hall–Kier alpha value is -4.33. The fraction of sp³-hybridized carbons (Fsp3) is 0.125. The van der Waals surface area contributed by atoms with Gasteiger partial charge < -0.3 is 14.5 Å². The molecule has 0 amide bonds. The van der Waals surface area contributed by atoms with Crippen molar-refractivity contribution in [1.29, 1.82) is 0 Å². The van der Waals surface area contributed by atoms with Gasteiger partial charge >= 0.3 is 0 Å². The summed E-state index contributed by atoms with van der Waals surface area (Å²) in [6.45, 7) is 0. The van der Waals surface area contributed by atoms with E-state index in [2.05, 4.69) is 42.2 Å². The van der Waals surface area contributed by atoms with E-state index in [9.17, 15) is 0 Å². The lowest BCUT2D eigenvalue weighted by molar-refractivity contribution is 0.744. The highest BCUT2D eigenvalue weighted by atomic mass is 15.3. The van der Waals surface area contributed by atoms with Crippen molar-refractivity contribution in [3.63, 3.8) is 0 Å². The molecule has 6 rings (SSSR count). The molecule has 1 saturated carbocycles. The van der Waals surface area contributed by atoms with Gasteiger partial charge in [-0.1, -0.05) is 36.4 Å². The number of benzene rings is 1. The molecule has 8 heteroatoms. The molecule has 0 aliphatic heterocycles. The number of nitrogens with one attached hydrogen (secondary N) is 1. The minimum atomic E-state index is 0.493. The quantitative estimate of drug-likeness (QED) is 0.430. The van der Waals surface area contributed by atoms with Crippen LogP contribution >= 0.6 is 0 Å². The Balaban J connectivity index is 1.25. The van der Waals surface area contributed by atoms with Crippen LogP contribution in [0.15, 0.2) is 85.7 Å². The molecule has 0 radical (unpaired) electrons. The van der Waals surface area contributed by atoms with Crippen molar-refractivity contribution in [3.8, 4) is 28.5 Å². The topological polar surface area (TPSA) is 86.3 Å². The Morgan fingerprint density at radius 2 is 1.75 bits per heavy atom. The van der Waals surface area contributed by atoms with Crippen molar-refractivity contribution in [2.24, 2.45) is 0 Å².